The SMILES string of the molecule is O=C(Cc1cccc(F)c1)N1CCCN(C(=O)Nc2ccccc2)CC1. The topological polar surface area (TPSA) is 52.7 Å². The maximum atomic E-state index is 13.3. The molecule has 0 bridgehead atoms. The van der Waals surface area contributed by atoms with E-state index in [4.69, 9.17) is 0 Å². The predicted molar refractivity (Wildman–Crippen MR) is 98.3 cm³/mol. The Morgan fingerprint density at radius 3 is 2.42 bits per heavy atom. The van der Waals surface area contributed by atoms with Gasteiger partial charge in [0.05, 0.1) is 6.42 Å². The first-order chi connectivity index (χ1) is 12.6. The van der Waals surface area contributed by atoms with Crippen LogP contribution in [0.2, 0.25) is 0 Å². The molecule has 0 aliphatic carbocycles. The summed E-state index contributed by atoms with van der Waals surface area (Å²) in [4.78, 5) is 28.4. The summed E-state index contributed by atoms with van der Waals surface area (Å²) in [5, 5.41) is 2.87. The number of carbonyl (C=O) groups excluding carboxylic acids is 2. The smallest absolute Gasteiger partial charge is 0.321 e. The van der Waals surface area contributed by atoms with Gasteiger partial charge in [0.1, 0.15) is 5.82 Å². The second-order valence-electron chi connectivity index (χ2n) is 6.32. The molecule has 136 valence electrons. The van der Waals surface area contributed by atoms with Crippen LogP contribution in [0, 0.1) is 5.82 Å². The lowest BCUT2D eigenvalue weighted by Gasteiger charge is -2.22. The monoisotopic (exact) mass is 355 g/mol. The van der Waals surface area contributed by atoms with Crippen molar-refractivity contribution in [1.29, 1.82) is 0 Å². The van der Waals surface area contributed by atoms with Crippen LogP contribution in [0.3, 0.4) is 0 Å². The van der Waals surface area contributed by atoms with Crippen molar-refractivity contribution in [2.45, 2.75) is 12.8 Å². The number of nitrogens with one attached hydrogen (secondary N) is 1. The van der Waals surface area contributed by atoms with Crippen molar-refractivity contribution in [3.8, 4) is 0 Å². The summed E-state index contributed by atoms with van der Waals surface area (Å²) in [6.07, 6.45) is 0.894. The van der Waals surface area contributed by atoms with Crippen molar-refractivity contribution < 1.29 is 14.0 Å². The molecule has 3 amide bonds. The highest BCUT2D eigenvalue weighted by Crippen LogP contribution is 2.11. The van der Waals surface area contributed by atoms with Gasteiger partial charge in [0.2, 0.25) is 5.91 Å². The first kappa shape index (κ1) is 17.9. The summed E-state index contributed by atoms with van der Waals surface area (Å²) in [5.41, 5.74) is 1.42. The molecule has 0 radical (unpaired) electrons. The van der Waals surface area contributed by atoms with Crippen molar-refractivity contribution in [3.63, 3.8) is 0 Å². The zero-order valence-electron chi connectivity index (χ0n) is 14.5. The molecule has 6 heteroatoms. The minimum atomic E-state index is -0.338. The van der Waals surface area contributed by atoms with Gasteiger partial charge in [-0.1, -0.05) is 30.3 Å². The highest BCUT2D eigenvalue weighted by Gasteiger charge is 2.22. The lowest BCUT2D eigenvalue weighted by atomic mass is 10.1. The number of anilines is 1. The molecule has 0 aromatic heterocycles. The van der Waals surface area contributed by atoms with Crippen LogP contribution in [0.1, 0.15) is 12.0 Å². The van der Waals surface area contributed by atoms with Crippen LogP contribution in [-0.4, -0.2) is 47.9 Å². The van der Waals surface area contributed by atoms with Crippen molar-refractivity contribution in [2.24, 2.45) is 0 Å². The molecule has 1 saturated heterocycles. The van der Waals surface area contributed by atoms with E-state index in [1.54, 1.807) is 21.9 Å². The number of hydrogen-bond donors (Lipinski definition) is 1. The maximum absolute atomic E-state index is 13.3. The van der Waals surface area contributed by atoms with Gasteiger partial charge in [-0.15, -0.1) is 0 Å². The molecular formula is C20H22FN3O2. The Balaban J connectivity index is 1.54. The number of rotatable bonds is 3. The van der Waals surface area contributed by atoms with Crippen molar-refractivity contribution in [1.82, 2.24) is 9.80 Å². The minimum absolute atomic E-state index is 0.0408. The van der Waals surface area contributed by atoms with Crippen molar-refractivity contribution in [3.05, 3.63) is 66.0 Å². The van der Waals surface area contributed by atoms with Crippen molar-refractivity contribution >= 4 is 17.6 Å². The fraction of sp³-hybridized carbons (Fsp3) is 0.300. The highest BCUT2D eigenvalue weighted by atomic mass is 19.1. The number of hydrogen-bond acceptors (Lipinski definition) is 2. The molecule has 5 nitrogen and oxygen atoms in total. The highest BCUT2D eigenvalue weighted by molar-refractivity contribution is 5.89. The molecule has 26 heavy (non-hydrogen) atoms. The summed E-state index contributed by atoms with van der Waals surface area (Å²) < 4.78 is 13.3. The van der Waals surface area contributed by atoms with Gasteiger partial charge in [0.25, 0.3) is 0 Å². The number of nitrogens with zero attached hydrogens (tertiary/aromatic N) is 2. The van der Waals surface area contributed by atoms with Gasteiger partial charge in [-0.2, -0.15) is 0 Å². The summed E-state index contributed by atoms with van der Waals surface area (Å²) in [6.45, 7) is 2.16. The molecule has 1 N–H and O–H groups in total. The average molecular weight is 355 g/mol. The van der Waals surface area contributed by atoms with Crippen LogP contribution in [0.15, 0.2) is 54.6 Å². The van der Waals surface area contributed by atoms with E-state index in [9.17, 15) is 14.0 Å². The average Bonchev–Trinajstić information content (AvgIpc) is 2.89. The lowest BCUT2D eigenvalue weighted by molar-refractivity contribution is -0.130. The molecule has 0 atom stereocenters. The van der Waals surface area contributed by atoms with E-state index >= 15 is 0 Å². The summed E-state index contributed by atoms with van der Waals surface area (Å²) >= 11 is 0. The minimum Gasteiger partial charge on any atom is -0.341 e. The molecular weight excluding hydrogens is 333 g/mol. The van der Waals surface area contributed by atoms with E-state index in [2.05, 4.69) is 5.32 Å². The lowest BCUT2D eigenvalue weighted by Crippen LogP contribution is -2.39. The number of halogens is 1. The standard InChI is InChI=1S/C20H22FN3O2/c21-17-7-4-6-16(14-17)15-19(25)23-10-5-11-24(13-12-23)20(26)22-18-8-2-1-3-9-18/h1-4,6-9,14H,5,10-13,15H2,(H,22,26). The van der Waals surface area contributed by atoms with Crippen molar-refractivity contribution in [2.75, 3.05) is 31.5 Å². The van der Waals surface area contributed by atoms with Gasteiger partial charge in [-0.3, -0.25) is 4.79 Å². The van der Waals surface area contributed by atoms with E-state index < -0.39 is 0 Å². The van der Waals surface area contributed by atoms with Gasteiger partial charge in [-0.25, -0.2) is 9.18 Å². The third-order valence-electron chi connectivity index (χ3n) is 4.41. The fourth-order valence-electron chi connectivity index (χ4n) is 3.03. The van der Waals surface area contributed by atoms with Gasteiger partial charge in [-0.05, 0) is 36.2 Å². The largest absolute Gasteiger partial charge is 0.341 e. The van der Waals surface area contributed by atoms with E-state index in [0.717, 1.165) is 12.1 Å². The molecule has 1 aliphatic heterocycles. The van der Waals surface area contributed by atoms with Gasteiger partial charge in [0, 0.05) is 31.9 Å². The molecule has 2 aromatic rings. The van der Waals surface area contributed by atoms with Crippen LogP contribution in [-0.2, 0) is 11.2 Å². The normalized spacial score (nSPS) is 14.7. The van der Waals surface area contributed by atoms with E-state index in [1.807, 2.05) is 30.3 Å². The fourth-order valence-corrected chi connectivity index (χ4v) is 3.03. The zero-order valence-corrected chi connectivity index (χ0v) is 14.5. The number of carbonyl (C=O) groups is 2. The Kier molecular flexibility index (Phi) is 5.84. The van der Waals surface area contributed by atoms with E-state index in [0.29, 0.717) is 31.7 Å². The molecule has 3 rings (SSSR count). The molecule has 2 aromatic carbocycles. The van der Waals surface area contributed by atoms with Crippen LogP contribution in [0.5, 0.6) is 0 Å². The van der Waals surface area contributed by atoms with Gasteiger partial charge in [0.15, 0.2) is 0 Å². The summed E-state index contributed by atoms with van der Waals surface area (Å²) in [5.74, 6) is -0.379. The number of benzene rings is 2. The van der Waals surface area contributed by atoms with Crippen LogP contribution >= 0.6 is 0 Å². The summed E-state index contributed by atoms with van der Waals surface area (Å²) in [7, 11) is 0. The Morgan fingerprint density at radius 1 is 0.923 bits per heavy atom. The number of amides is 3. The van der Waals surface area contributed by atoms with Gasteiger partial charge >= 0.3 is 6.03 Å². The van der Waals surface area contributed by atoms with Crippen LogP contribution in [0.25, 0.3) is 0 Å². The number of urea groups is 1. The van der Waals surface area contributed by atoms with Crippen LogP contribution in [0.4, 0.5) is 14.9 Å². The quantitative estimate of drug-likeness (QED) is 0.920. The molecule has 1 aliphatic rings. The molecule has 0 spiro atoms. The predicted octanol–water partition coefficient (Wildman–Crippen LogP) is 3.13. The second-order valence-corrected chi connectivity index (χ2v) is 6.32. The molecule has 0 unspecified atom stereocenters. The Labute approximate surface area is 152 Å². The maximum Gasteiger partial charge on any atom is 0.321 e. The molecule has 1 heterocycles. The van der Waals surface area contributed by atoms with E-state index in [1.165, 1.54) is 12.1 Å². The van der Waals surface area contributed by atoms with E-state index in [-0.39, 0.29) is 24.2 Å². The number of para-hydroxylation sites is 1. The second kappa shape index (κ2) is 8.47. The third-order valence-corrected chi connectivity index (χ3v) is 4.41. The Hall–Kier alpha value is -2.89. The third kappa shape index (κ3) is 4.81. The van der Waals surface area contributed by atoms with Gasteiger partial charge < -0.3 is 15.1 Å². The first-order valence-electron chi connectivity index (χ1n) is 8.75. The Bertz CT molecular complexity index is 767. The molecule has 0 saturated carbocycles. The van der Waals surface area contributed by atoms with Crippen LogP contribution < -0.4 is 5.32 Å². The Morgan fingerprint density at radius 2 is 1.65 bits per heavy atom. The first-order valence-corrected chi connectivity index (χ1v) is 8.75. The summed E-state index contributed by atoms with van der Waals surface area (Å²) in [6, 6.07) is 15.2. The zero-order chi connectivity index (χ0) is 18.4. The molecule has 1 fully saturated rings.